The number of anilines is 1. The van der Waals surface area contributed by atoms with Crippen molar-refractivity contribution < 1.29 is 13.5 Å². The van der Waals surface area contributed by atoms with Gasteiger partial charge in [0.05, 0.1) is 17.4 Å². The van der Waals surface area contributed by atoms with Crippen molar-refractivity contribution in [2.75, 3.05) is 12.3 Å². The molecule has 2 aromatic rings. The Morgan fingerprint density at radius 2 is 2.00 bits per heavy atom. The molecule has 2 rings (SSSR count). The Bertz CT molecular complexity index is 653. The van der Waals surface area contributed by atoms with Crippen molar-refractivity contribution in [3.05, 3.63) is 36.2 Å². The number of hydrogen-bond donors (Lipinski definition) is 1. The van der Waals surface area contributed by atoms with Crippen LogP contribution < -0.4 is 5.73 Å². The van der Waals surface area contributed by atoms with Gasteiger partial charge in [-0.05, 0) is 18.2 Å². The number of hydrogen-bond acceptors (Lipinski definition) is 3. The molecule has 0 atom stereocenters. The van der Waals surface area contributed by atoms with E-state index in [9.17, 15) is 8.78 Å². The van der Waals surface area contributed by atoms with Gasteiger partial charge in [-0.1, -0.05) is 19.6 Å². The Balaban J connectivity index is 2.05. The van der Waals surface area contributed by atoms with Crippen molar-refractivity contribution in [2.45, 2.75) is 32.4 Å². The van der Waals surface area contributed by atoms with Crippen molar-refractivity contribution in [1.29, 1.82) is 0 Å². The minimum atomic E-state index is -1.13. The molecule has 0 radical (unpaired) electrons. The van der Waals surface area contributed by atoms with Gasteiger partial charge in [-0.2, -0.15) is 5.10 Å². The summed E-state index contributed by atoms with van der Waals surface area (Å²) in [6.07, 6.45) is 2.96. The summed E-state index contributed by atoms with van der Waals surface area (Å²) in [6.45, 7) is 7.73. The molecule has 0 aliphatic heterocycles. The minimum absolute atomic E-state index is 0.0875. The zero-order valence-electron chi connectivity index (χ0n) is 13.1. The Morgan fingerprint density at radius 1 is 1.27 bits per heavy atom. The van der Waals surface area contributed by atoms with Crippen LogP contribution in [0.25, 0.3) is 11.1 Å². The Labute approximate surface area is 129 Å². The lowest BCUT2D eigenvalue weighted by molar-refractivity contribution is 0.0786. The fraction of sp³-hybridized carbons (Fsp3) is 0.400. The molecular weight excluding hydrogens is 304 g/mol. The second-order valence-corrected chi connectivity index (χ2v) is 12.1. The van der Waals surface area contributed by atoms with Gasteiger partial charge >= 0.3 is 0 Å². The minimum Gasteiger partial charge on any atom is -0.396 e. The van der Waals surface area contributed by atoms with Crippen molar-refractivity contribution in [3.63, 3.8) is 0 Å². The summed E-state index contributed by atoms with van der Waals surface area (Å²) in [5, 5.41) is 4.07. The molecule has 0 amide bonds. The van der Waals surface area contributed by atoms with Gasteiger partial charge in [0.1, 0.15) is 12.5 Å². The maximum absolute atomic E-state index is 14.0. The normalized spacial score (nSPS) is 11.9. The van der Waals surface area contributed by atoms with Crippen molar-refractivity contribution in [3.8, 4) is 11.1 Å². The third kappa shape index (κ3) is 4.14. The lowest BCUT2D eigenvalue weighted by atomic mass is 10.1. The van der Waals surface area contributed by atoms with E-state index in [-0.39, 0.29) is 18.0 Å². The molecule has 120 valence electrons. The number of rotatable bonds is 6. The molecule has 0 fully saturated rings. The van der Waals surface area contributed by atoms with Gasteiger partial charge in [-0.15, -0.1) is 0 Å². The Hall–Kier alpha value is -1.73. The summed E-state index contributed by atoms with van der Waals surface area (Å²) in [6, 6.07) is 3.41. The molecule has 1 heterocycles. The fourth-order valence-corrected chi connectivity index (χ4v) is 2.69. The van der Waals surface area contributed by atoms with Gasteiger partial charge in [0.2, 0.25) is 0 Å². The molecule has 1 aromatic carbocycles. The maximum atomic E-state index is 14.0. The number of nitrogens with zero attached hydrogens (tertiary/aromatic N) is 2. The van der Waals surface area contributed by atoms with Crippen molar-refractivity contribution >= 4 is 13.8 Å². The van der Waals surface area contributed by atoms with Gasteiger partial charge in [0.25, 0.3) is 0 Å². The standard InChI is InChI=1S/C15H21F2N3OSi/c1-22(2,3)7-6-21-10-20-9-11(8-19-20)14-12(16)4-5-13(18)15(14)17/h4-5,8-9H,6-7,10,18H2,1-3H3. The molecule has 0 bridgehead atoms. The van der Waals surface area contributed by atoms with Gasteiger partial charge in [0.15, 0.2) is 5.82 Å². The van der Waals surface area contributed by atoms with Crippen LogP contribution in [0, 0.1) is 11.6 Å². The van der Waals surface area contributed by atoms with E-state index in [1.807, 2.05) is 0 Å². The average molecular weight is 325 g/mol. The fourth-order valence-electron chi connectivity index (χ4n) is 1.93. The first-order valence-electron chi connectivity index (χ1n) is 7.12. The lowest BCUT2D eigenvalue weighted by Gasteiger charge is -2.15. The van der Waals surface area contributed by atoms with Crippen LogP contribution in [0.3, 0.4) is 0 Å². The zero-order valence-corrected chi connectivity index (χ0v) is 14.1. The van der Waals surface area contributed by atoms with Crippen LogP contribution in [0.5, 0.6) is 0 Å². The molecule has 0 aliphatic rings. The van der Waals surface area contributed by atoms with E-state index >= 15 is 0 Å². The van der Waals surface area contributed by atoms with Crippen LogP contribution in [-0.4, -0.2) is 24.5 Å². The van der Waals surface area contributed by atoms with E-state index in [1.54, 1.807) is 6.20 Å². The van der Waals surface area contributed by atoms with Crippen LogP contribution in [-0.2, 0) is 11.5 Å². The SMILES string of the molecule is C[Si](C)(C)CCOCn1cc(-c2c(F)ccc(N)c2F)cn1. The number of nitrogens with two attached hydrogens (primary N) is 1. The Kier molecular flexibility index (Phi) is 4.97. The summed E-state index contributed by atoms with van der Waals surface area (Å²) in [5.74, 6) is -1.43. The molecule has 7 heteroatoms. The van der Waals surface area contributed by atoms with Crippen molar-refractivity contribution in [2.24, 2.45) is 0 Å². The quantitative estimate of drug-likeness (QED) is 0.500. The highest BCUT2D eigenvalue weighted by atomic mass is 28.3. The lowest BCUT2D eigenvalue weighted by Crippen LogP contribution is -2.22. The van der Waals surface area contributed by atoms with E-state index in [2.05, 4.69) is 24.7 Å². The van der Waals surface area contributed by atoms with Crippen LogP contribution in [0.1, 0.15) is 0 Å². The first-order valence-corrected chi connectivity index (χ1v) is 10.8. The number of aromatic nitrogens is 2. The monoisotopic (exact) mass is 325 g/mol. The number of nitrogen functional groups attached to an aromatic ring is 1. The van der Waals surface area contributed by atoms with Crippen LogP contribution in [0.4, 0.5) is 14.5 Å². The van der Waals surface area contributed by atoms with Crippen molar-refractivity contribution in [1.82, 2.24) is 9.78 Å². The van der Waals surface area contributed by atoms with E-state index in [0.717, 1.165) is 12.1 Å². The van der Waals surface area contributed by atoms with E-state index in [1.165, 1.54) is 16.9 Å². The average Bonchev–Trinajstić information content (AvgIpc) is 2.87. The predicted molar refractivity (Wildman–Crippen MR) is 86.1 cm³/mol. The van der Waals surface area contributed by atoms with Crippen LogP contribution in [0.15, 0.2) is 24.5 Å². The highest BCUT2D eigenvalue weighted by Crippen LogP contribution is 2.28. The highest BCUT2D eigenvalue weighted by molar-refractivity contribution is 6.76. The molecule has 0 spiro atoms. The van der Waals surface area contributed by atoms with E-state index in [4.69, 9.17) is 10.5 Å². The number of ether oxygens (including phenoxy) is 1. The molecule has 1 aromatic heterocycles. The van der Waals surface area contributed by atoms with E-state index in [0.29, 0.717) is 12.2 Å². The second kappa shape index (κ2) is 6.58. The Morgan fingerprint density at radius 3 is 2.68 bits per heavy atom. The first-order chi connectivity index (χ1) is 10.3. The molecule has 0 aliphatic carbocycles. The molecular formula is C15H21F2N3OSi. The second-order valence-electron chi connectivity index (χ2n) is 6.44. The van der Waals surface area contributed by atoms with Gasteiger partial charge in [0, 0.05) is 26.4 Å². The summed E-state index contributed by atoms with van der Waals surface area (Å²) in [5.41, 5.74) is 5.58. The van der Waals surface area contributed by atoms with Gasteiger partial charge < -0.3 is 10.5 Å². The van der Waals surface area contributed by atoms with Crippen LogP contribution in [0.2, 0.25) is 25.7 Å². The summed E-state index contributed by atoms with van der Waals surface area (Å²) in [4.78, 5) is 0. The molecule has 0 unspecified atom stereocenters. The highest BCUT2D eigenvalue weighted by Gasteiger charge is 2.16. The van der Waals surface area contributed by atoms with E-state index < -0.39 is 19.7 Å². The molecule has 4 nitrogen and oxygen atoms in total. The topological polar surface area (TPSA) is 53.1 Å². The summed E-state index contributed by atoms with van der Waals surface area (Å²) < 4.78 is 34.8. The largest absolute Gasteiger partial charge is 0.396 e. The van der Waals surface area contributed by atoms with Crippen LogP contribution >= 0.6 is 0 Å². The first kappa shape index (κ1) is 16.6. The number of halogens is 2. The number of benzene rings is 1. The summed E-state index contributed by atoms with van der Waals surface area (Å²) >= 11 is 0. The van der Waals surface area contributed by atoms with Gasteiger partial charge in [-0.3, -0.25) is 0 Å². The molecule has 0 saturated carbocycles. The third-order valence-electron chi connectivity index (χ3n) is 3.26. The molecule has 2 N–H and O–H groups in total. The maximum Gasteiger partial charge on any atom is 0.156 e. The molecule has 0 saturated heterocycles. The third-order valence-corrected chi connectivity index (χ3v) is 4.97. The van der Waals surface area contributed by atoms with Gasteiger partial charge in [-0.25, -0.2) is 13.5 Å². The zero-order chi connectivity index (χ0) is 16.3. The summed E-state index contributed by atoms with van der Waals surface area (Å²) in [7, 11) is -1.13. The predicted octanol–water partition coefficient (Wildman–Crippen LogP) is 3.72. The molecule has 22 heavy (non-hydrogen) atoms. The smallest absolute Gasteiger partial charge is 0.156 e.